The van der Waals surface area contributed by atoms with Crippen molar-refractivity contribution in [2.24, 2.45) is 11.7 Å². The van der Waals surface area contributed by atoms with E-state index >= 15 is 0 Å². The van der Waals surface area contributed by atoms with E-state index in [4.69, 9.17) is 17.3 Å². The molecule has 0 saturated heterocycles. The van der Waals surface area contributed by atoms with Gasteiger partial charge in [0.05, 0.1) is 17.2 Å². The molecule has 3 atom stereocenters. The Morgan fingerprint density at radius 1 is 1.50 bits per heavy atom. The molecule has 1 aromatic rings. The van der Waals surface area contributed by atoms with Crippen molar-refractivity contribution < 1.29 is 5.11 Å². The highest BCUT2D eigenvalue weighted by molar-refractivity contribution is 9.10. The van der Waals surface area contributed by atoms with Gasteiger partial charge < -0.3 is 10.8 Å². The minimum atomic E-state index is -0.530. The predicted molar refractivity (Wildman–Crippen MR) is 71.5 cm³/mol. The quantitative estimate of drug-likeness (QED) is 0.894. The predicted octanol–water partition coefficient (Wildman–Crippen LogP) is 3.51. The number of hydrogen-bond acceptors (Lipinski definition) is 2. The fraction of sp³-hybridized carbons (Fsp3) is 0.500. The highest BCUT2D eigenvalue weighted by atomic mass is 79.9. The molecule has 0 aliphatic rings. The van der Waals surface area contributed by atoms with Gasteiger partial charge in [-0.05, 0) is 39.5 Å². The highest BCUT2D eigenvalue weighted by Gasteiger charge is 2.22. The van der Waals surface area contributed by atoms with Crippen LogP contribution in [0.15, 0.2) is 22.7 Å². The Morgan fingerprint density at radius 3 is 2.62 bits per heavy atom. The van der Waals surface area contributed by atoms with Crippen molar-refractivity contribution in [1.82, 2.24) is 0 Å². The summed E-state index contributed by atoms with van der Waals surface area (Å²) in [6.07, 6.45) is 0.377. The molecule has 0 heterocycles. The number of nitrogens with two attached hydrogens (primary N) is 1. The summed E-state index contributed by atoms with van der Waals surface area (Å²) in [5, 5.41) is 10.7. The normalized spacial score (nSPS) is 16.9. The van der Waals surface area contributed by atoms with E-state index in [0.717, 1.165) is 16.5 Å². The van der Waals surface area contributed by atoms with Crippen LogP contribution in [0, 0.1) is 5.92 Å². The van der Waals surface area contributed by atoms with Gasteiger partial charge in [0.1, 0.15) is 0 Å². The summed E-state index contributed by atoms with van der Waals surface area (Å²) in [7, 11) is 0. The van der Waals surface area contributed by atoms with E-state index in [1.807, 2.05) is 26.0 Å². The fourth-order valence-corrected chi connectivity index (χ4v) is 2.03. The Kier molecular flexibility index (Phi) is 5.25. The van der Waals surface area contributed by atoms with Gasteiger partial charge in [-0.3, -0.25) is 0 Å². The lowest BCUT2D eigenvalue weighted by atomic mass is 9.92. The molecule has 4 heteroatoms. The van der Waals surface area contributed by atoms with Gasteiger partial charge in [-0.1, -0.05) is 37.9 Å². The third-order valence-corrected chi connectivity index (χ3v) is 4.14. The molecule has 16 heavy (non-hydrogen) atoms. The van der Waals surface area contributed by atoms with Crippen LogP contribution in [0.2, 0.25) is 5.02 Å². The number of halogens is 2. The van der Waals surface area contributed by atoms with Gasteiger partial charge >= 0.3 is 0 Å². The molecule has 0 aliphatic carbocycles. The van der Waals surface area contributed by atoms with Crippen molar-refractivity contribution in [3.8, 4) is 0 Å². The van der Waals surface area contributed by atoms with Crippen molar-refractivity contribution in [2.75, 3.05) is 0 Å². The van der Waals surface area contributed by atoms with Crippen LogP contribution in [0.25, 0.3) is 0 Å². The fourth-order valence-electron chi connectivity index (χ4n) is 1.51. The lowest BCUT2D eigenvalue weighted by Gasteiger charge is -2.24. The first kappa shape index (κ1) is 14.0. The molecule has 0 amide bonds. The Hall–Kier alpha value is -0.0900. The highest BCUT2D eigenvalue weighted by Crippen LogP contribution is 2.28. The summed E-state index contributed by atoms with van der Waals surface area (Å²) in [6.45, 7) is 4.04. The van der Waals surface area contributed by atoms with E-state index in [9.17, 15) is 5.11 Å². The molecule has 0 bridgehead atoms. The maximum atomic E-state index is 10.0. The Labute approximate surface area is 110 Å². The molecule has 0 radical (unpaired) electrons. The van der Waals surface area contributed by atoms with Gasteiger partial charge in [0, 0.05) is 4.47 Å². The molecule has 0 aromatic heterocycles. The second-order valence-electron chi connectivity index (χ2n) is 4.08. The zero-order chi connectivity index (χ0) is 12.3. The lowest BCUT2D eigenvalue weighted by molar-refractivity contribution is 0.0880. The van der Waals surface area contributed by atoms with Gasteiger partial charge in [-0.25, -0.2) is 0 Å². The van der Waals surface area contributed by atoms with Crippen LogP contribution >= 0.6 is 27.5 Å². The van der Waals surface area contributed by atoms with E-state index in [-0.39, 0.29) is 12.0 Å². The third-order valence-electron chi connectivity index (χ3n) is 2.92. The molecule has 0 saturated carbocycles. The number of rotatable bonds is 4. The average molecular weight is 307 g/mol. The first-order valence-electron chi connectivity index (χ1n) is 5.36. The lowest BCUT2D eigenvalue weighted by Crippen LogP contribution is -2.31. The summed E-state index contributed by atoms with van der Waals surface area (Å²) in [6, 6.07) is 5.12. The first-order chi connectivity index (χ1) is 7.47. The van der Waals surface area contributed by atoms with Crippen LogP contribution in [0.5, 0.6) is 0 Å². The molecule has 3 N–H and O–H groups in total. The number of aliphatic hydroxyl groups excluding tert-OH is 1. The Balaban J connectivity index is 2.87. The number of aliphatic hydroxyl groups is 1. The van der Waals surface area contributed by atoms with E-state index in [1.54, 1.807) is 6.07 Å². The van der Waals surface area contributed by atoms with Crippen molar-refractivity contribution in [1.29, 1.82) is 0 Å². The zero-order valence-electron chi connectivity index (χ0n) is 9.45. The molecule has 1 rings (SSSR count). The molecular formula is C12H17BrClNO. The molecular weight excluding hydrogens is 289 g/mol. The summed E-state index contributed by atoms with van der Waals surface area (Å²) in [5.74, 6) is 0.185. The molecule has 90 valence electrons. The summed E-state index contributed by atoms with van der Waals surface area (Å²) < 4.78 is 0.804. The topological polar surface area (TPSA) is 46.2 Å². The van der Waals surface area contributed by atoms with Crippen LogP contribution in [-0.2, 0) is 0 Å². The van der Waals surface area contributed by atoms with Crippen LogP contribution in [0.1, 0.15) is 31.9 Å². The summed E-state index contributed by atoms with van der Waals surface area (Å²) in [5.41, 5.74) is 6.91. The van der Waals surface area contributed by atoms with Gasteiger partial charge in [0.15, 0.2) is 0 Å². The van der Waals surface area contributed by atoms with Crippen LogP contribution in [-0.4, -0.2) is 11.2 Å². The molecule has 0 fully saturated rings. The minimum Gasteiger partial charge on any atom is -0.391 e. The van der Waals surface area contributed by atoms with Gasteiger partial charge in [-0.2, -0.15) is 0 Å². The van der Waals surface area contributed by atoms with Crippen LogP contribution in [0.3, 0.4) is 0 Å². The van der Waals surface area contributed by atoms with Crippen LogP contribution in [0.4, 0.5) is 0 Å². The number of benzene rings is 1. The zero-order valence-corrected chi connectivity index (χ0v) is 11.8. The van der Waals surface area contributed by atoms with E-state index in [2.05, 4.69) is 15.9 Å². The smallest absolute Gasteiger partial charge is 0.0758 e. The van der Waals surface area contributed by atoms with E-state index in [1.165, 1.54) is 0 Å². The first-order valence-corrected chi connectivity index (χ1v) is 6.53. The second-order valence-corrected chi connectivity index (χ2v) is 5.34. The monoisotopic (exact) mass is 305 g/mol. The third kappa shape index (κ3) is 3.20. The summed E-state index contributed by atoms with van der Waals surface area (Å²) in [4.78, 5) is 0. The van der Waals surface area contributed by atoms with E-state index in [0.29, 0.717) is 5.02 Å². The Morgan fingerprint density at radius 2 is 2.12 bits per heavy atom. The maximum absolute atomic E-state index is 10.0. The Bertz CT molecular complexity index is 359. The molecule has 1 unspecified atom stereocenters. The molecule has 0 aliphatic heterocycles. The standard InChI is InChI=1S/C12H17BrClNO/c1-3-7(2)12(16)11(15)8-4-5-10(14)9(13)6-8/h4-7,11-12,16H,3,15H2,1-2H3/t7?,11-,12+/m1/s1. The minimum absolute atomic E-state index is 0.185. The van der Waals surface area contributed by atoms with Crippen molar-refractivity contribution in [3.63, 3.8) is 0 Å². The molecule has 0 spiro atoms. The SMILES string of the molecule is CCC(C)[C@H](O)[C@H](N)c1ccc(Cl)c(Br)c1. The molecule has 1 aromatic carbocycles. The van der Waals surface area contributed by atoms with Crippen molar-refractivity contribution in [2.45, 2.75) is 32.4 Å². The molecule has 2 nitrogen and oxygen atoms in total. The van der Waals surface area contributed by atoms with Crippen molar-refractivity contribution >= 4 is 27.5 Å². The van der Waals surface area contributed by atoms with Gasteiger partial charge in [0.25, 0.3) is 0 Å². The number of hydrogen-bond donors (Lipinski definition) is 2. The van der Waals surface area contributed by atoms with Gasteiger partial charge in [-0.15, -0.1) is 0 Å². The van der Waals surface area contributed by atoms with E-state index < -0.39 is 6.10 Å². The summed E-state index contributed by atoms with van der Waals surface area (Å²) >= 11 is 9.25. The second kappa shape index (κ2) is 6.01. The maximum Gasteiger partial charge on any atom is 0.0758 e. The van der Waals surface area contributed by atoms with Gasteiger partial charge in [0.2, 0.25) is 0 Å². The van der Waals surface area contributed by atoms with Crippen molar-refractivity contribution in [3.05, 3.63) is 33.3 Å². The largest absolute Gasteiger partial charge is 0.391 e. The van der Waals surface area contributed by atoms with Crippen LogP contribution < -0.4 is 5.73 Å². The average Bonchev–Trinajstić information content (AvgIpc) is 2.29.